The van der Waals surface area contributed by atoms with Gasteiger partial charge in [0.15, 0.2) is 5.82 Å². The maximum absolute atomic E-state index is 5.70. The molecule has 94 valence electrons. The van der Waals surface area contributed by atoms with Crippen LogP contribution < -0.4 is 5.73 Å². The molecule has 6 heteroatoms. The summed E-state index contributed by atoms with van der Waals surface area (Å²) >= 11 is 0. The molecule has 2 N–H and O–H groups in total. The molecule has 0 spiro atoms. The minimum atomic E-state index is -0.0883. The van der Waals surface area contributed by atoms with Crippen molar-refractivity contribution in [2.45, 2.75) is 25.9 Å². The number of hydrogen-bond donors (Lipinski definition) is 1. The average Bonchev–Trinajstić information content (AvgIpc) is 2.28. The van der Waals surface area contributed by atoms with E-state index in [-0.39, 0.29) is 12.1 Å². The van der Waals surface area contributed by atoms with Gasteiger partial charge in [0, 0.05) is 19.5 Å². The molecule has 1 aliphatic rings. The Kier molecular flexibility index (Phi) is 3.86. The number of ether oxygens (including phenoxy) is 1. The SMILES string of the molecule is CCCc1nc(N)nc(C2CN(C)CCO2)n1. The third kappa shape index (κ3) is 3.10. The van der Waals surface area contributed by atoms with E-state index in [9.17, 15) is 0 Å². The van der Waals surface area contributed by atoms with Crippen LogP contribution in [0.4, 0.5) is 5.95 Å². The van der Waals surface area contributed by atoms with Crippen LogP contribution in [0.5, 0.6) is 0 Å². The molecule has 6 nitrogen and oxygen atoms in total. The van der Waals surface area contributed by atoms with Gasteiger partial charge in [-0.2, -0.15) is 9.97 Å². The van der Waals surface area contributed by atoms with Crippen molar-refractivity contribution in [3.05, 3.63) is 11.6 Å². The van der Waals surface area contributed by atoms with Gasteiger partial charge < -0.3 is 15.4 Å². The third-order valence-corrected chi connectivity index (χ3v) is 2.75. The lowest BCUT2D eigenvalue weighted by Crippen LogP contribution is -2.36. The molecular formula is C11H19N5O. The molecule has 1 saturated heterocycles. The van der Waals surface area contributed by atoms with Crippen LogP contribution in [0.2, 0.25) is 0 Å². The normalized spacial score (nSPS) is 21.6. The van der Waals surface area contributed by atoms with E-state index in [1.807, 2.05) is 0 Å². The van der Waals surface area contributed by atoms with Crippen LogP contribution in [0.1, 0.15) is 31.1 Å². The molecule has 17 heavy (non-hydrogen) atoms. The number of aryl methyl sites for hydroxylation is 1. The second-order valence-corrected chi connectivity index (χ2v) is 4.34. The van der Waals surface area contributed by atoms with Crippen LogP contribution in [0.15, 0.2) is 0 Å². The highest BCUT2D eigenvalue weighted by atomic mass is 16.5. The summed E-state index contributed by atoms with van der Waals surface area (Å²) in [6.45, 7) is 4.54. The lowest BCUT2D eigenvalue weighted by Gasteiger charge is -2.29. The minimum absolute atomic E-state index is 0.0883. The number of aromatic nitrogens is 3. The number of hydrogen-bond acceptors (Lipinski definition) is 6. The van der Waals surface area contributed by atoms with E-state index < -0.39 is 0 Å². The van der Waals surface area contributed by atoms with Gasteiger partial charge in [-0.15, -0.1) is 0 Å². The van der Waals surface area contributed by atoms with Gasteiger partial charge in [0.2, 0.25) is 5.95 Å². The molecule has 0 aromatic carbocycles. The number of nitrogens with two attached hydrogens (primary N) is 1. The Bertz CT molecular complexity index is 384. The molecule has 1 aliphatic heterocycles. The highest BCUT2D eigenvalue weighted by Gasteiger charge is 2.23. The summed E-state index contributed by atoms with van der Waals surface area (Å²) in [4.78, 5) is 14.9. The smallest absolute Gasteiger partial charge is 0.223 e. The number of rotatable bonds is 3. The first-order valence-electron chi connectivity index (χ1n) is 5.99. The fourth-order valence-electron chi connectivity index (χ4n) is 1.87. The summed E-state index contributed by atoms with van der Waals surface area (Å²) in [6.07, 6.45) is 1.73. The Morgan fingerprint density at radius 1 is 1.41 bits per heavy atom. The van der Waals surface area contributed by atoms with E-state index in [0.29, 0.717) is 12.4 Å². The summed E-state index contributed by atoms with van der Waals surface area (Å²) in [5, 5.41) is 0. The molecular weight excluding hydrogens is 218 g/mol. The van der Waals surface area contributed by atoms with Crippen LogP contribution in [-0.2, 0) is 11.2 Å². The summed E-state index contributed by atoms with van der Waals surface area (Å²) in [5.41, 5.74) is 5.70. The maximum Gasteiger partial charge on any atom is 0.223 e. The van der Waals surface area contributed by atoms with Crippen molar-refractivity contribution < 1.29 is 4.74 Å². The zero-order valence-electron chi connectivity index (χ0n) is 10.4. The van der Waals surface area contributed by atoms with Crippen LogP contribution in [0, 0.1) is 0 Å². The summed E-state index contributed by atoms with van der Waals surface area (Å²) in [6, 6.07) is 0. The highest BCUT2D eigenvalue weighted by Crippen LogP contribution is 2.18. The molecule has 1 aromatic rings. The lowest BCUT2D eigenvalue weighted by atomic mass is 10.2. The lowest BCUT2D eigenvalue weighted by molar-refractivity contribution is -0.0256. The van der Waals surface area contributed by atoms with Gasteiger partial charge in [-0.05, 0) is 13.5 Å². The van der Waals surface area contributed by atoms with Gasteiger partial charge in [-0.3, -0.25) is 0 Å². The van der Waals surface area contributed by atoms with Crippen molar-refractivity contribution in [2.75, 3.05) is 32.5 Å². The number of anilines is 1. The quantitative estimate of drug-likeness (QED) is 0.820. The predicted molar refractivity (Wildman–Crippen MR) is 64.4 cm³/mol. The molecule has 1 atom stereocenters. The fourth-order valence-corrected chi connectivity index (χ4v) is 1.87. The first-order valence-corrected chi connectivity index (χ1v) is 5.99. The van der Waals surface area contributed by atoms with E-state index in [2.05, 4.69) is 33.8 Å². The van der Waals surface area contributed by atoms with Crippen molar-refractivity contribution in [3.8, 4) is 0 Å². The van der Waals surface area contributed by atoms with E-state index >= 15 is 0 Å². The van der Waals surface area contributed by atoms with Crippen molar-refractivity contribution in [1.29, 1.82) is 0 Å². The molecule has 0 aliphatic carbocycles. The topological polar surface area (TPSA) is 77.2 Å². The Morgan fingerprint density at radius 2 is 2.24 bits per heavy atom. The first kappa shape index (κ1) is 12.2. The number of nitrogen functional groups attached to an aromatic ring is 1. The monoisotopic (exact) mass is 237 g/mol. The standard InChI is InChI=1S/C11H19N5O/c1-3-4-9-13-10(15-11(12)14-9)8-7-16(2)5-6-17-8/h8H,3-7H2,1-2H3,(H2,12,13,14,15). The summed E-state index contributed by atoms with van der Waals surface area (Å²) < 4.78 is 5.67. The zero-order chi connectivity index (χ0) is 12.3. The van der Waals surface area contributed by atoms with E-state index in [0.717, 1.165) is 31.8 Å². The second kappa shape index (κ2) is 5.37. The second-order valence-electron chi connectivity index (χ2n) is 4.34. The molecule has 2 rings (SSSR count). The van der Waals surface area contributed by atoms with Gasteiger partial charge in [0.05, 0.1) is 6.61 Å². The van der Waals surface area contributed by atoms with E-state index in [4.69, 9.17) is 10.5 Å². The summed E-state index contributed by atoms with van der Waals surface area (Å²) in [7, 11) is 2.06. The van der Waals surface area contributed by atoms with Gasteiger partial charge in [0.25, 0.3) is 0 Å². The van der Waals surface area contributed by atoms with Crippen molar-refractivity contribution in [1.82, 2.24) is 19.9 Å². The van der Waals surface area contributed by atoms with Gasteiger partial charge >= 0.3 is 0 Å². The van der Waals surface area contributed by atoms with Gasteiger partial charge in [0.1, 0.15) is 11.9 Å². The first-order chi connectivity index (χ1) is 8.19. The van der Waals surface area contributed by atoms with Crippen molar-refractivity contribution >= 4 is 5.95 Å². The predicted octanol–water partition coefficient (Wildman–Crippen LogP) is 0.409. The Morgan fingerprint density at radius 3 is 2.94 bits per heavy atom. The highest BCUT2D eigenvalue weighted by molar-refractivity contribution is 5.17. The largest absolute Gasteiger partial charge is 0.368 e. The average molecular weight is 237 g/mol. The van der Waals surface area contributed by atoms with Gasteiger partial charge in [-0.1, -0.05) is 6.92 Å². The van der Waals surface area contributed by atoms with Crippen LogP contribution in [-0.4, -0.2) is 46.6 Å². The fraction of sp³-hybridized carbons (Fsp3) is 0.727. The molecule has 1 fully saturated rings. The molecule has 0 amide bonds. The number of likely N-dealkylation sites (N-methyl/N-ethyl adjacent to an activating group) is 1. The van der Waals surface area contributed by atoms with Crippen molar-refractivity contribution in [3.63, 3.8) is 0 Å². The Hall–Kier alpha value is -1.27. The molecule has 0 bridgehead atoms. The third-order valence-electron chi connectivity index (χ3n) is 2.75. The maximum atomic E-state index is 5.70. The number of nitrogens with zero attached hydrogens (tertiary/aromatic N) is 4. The van der Waals surface area contributed by atoms with Crippen LogP contribution in [0.3, 0.4) is 0 Å². The molecule has 1 aromatic heterocycles. The van der Waals surface area contributed by atoms with Crippen LogP contribution in [0.25, 0.3) is 0 Å². The molecule has 0 saturated carbocycles. The molecule has 2 heterocycles. The Balaban J connectivity index is 2.18. The zero-order valence-corrected chi connectivity index (χ0v) is 10.4. The Labute approximate surface area is 101 Å². The van der Waals surface area contributed by atoms with E-state index in [1.165, 1.54) is 0 Å². The van der Waals surface area contributed by atoms with Crippen molar-refractivity contribution in [2.24, 2.45) is 0 Å². The molecule has 1 unspecified atom stereocenters. The molecule has 0 radical (unpaired) electrons. The summed E-state index contributed by atoms with van der Waals surface area (Å²) in [5.74, 6) is 1.70. The number of morpholine rings is 1. The minimum Gasteiger partial charge on any atom is -0.368 e. The van der Waals surface area contributed by atoms with Crippen LogP contribution >= 0.6 is 0 Å². The van der Waals surface area contributed by atoms with Gasteiger partial charge in [-0.25, -0.2) is 4.98 Å². The van der Waals surface area contributed by atoms with E-state index in [1.54, 1.807) is 0 Å².